The number of oxazole rings is 1. The Bertz CT molecular complexity index is 688. The number of aryl methyl sites for hydroxylation is 3. The molecule has 1 heterocycles. The summed E-state index contributed by atoms with van der Waals surface area (Å²) in [5.41, 5.74) is 3.70. The average Bonchev–Trinajstić information content (AvgIpc) is 2.94. The first-order chi connectivity index (χ1) is 12.5. The molecule has 0 aliphatic rings. The summed E-state index contributed by atoms with van der Waals surface area (Å²) in [5, 5.41) is 6.64. The number of guanidine groups is 1. The van der Waals surface area contributed by atoms with Gasteiger partial charge in [-0.25, -0.2) is 9.98 Å². The van der Waals surface area contributed by atoms with Gasteiger partial charge in [-0.2, -0.15) is 0 Å². The number of aromatic nitrogens is 1. The van der Waals surface area contributed by atoms with Crippen LogP contribution in [0.3, 0.4) is 0 Å². The Labute approximate surface area is 180 Å². The third-order valence-electron chi connectivity index (χ3n) is 4.37. The van der Waals surface area contributed by atoms with Crippen LogP contribution in [0.5, 0.6) is 0 Å². The van der Waals surface area contributed by atoms with Gasteiger partial charge in [0.2, 0.25) is 5.89 Å². The lowest BCUT2D eigenvalue weighted by atomic mass is 10.0. The highest BCUT2D eigenvalue weighted by Crippen LogP contribution is 2.15. The molecular formula is C21H33IN4O. The van der Waals surface area contributed by atoms with E-state index < -0.39 is 0 Å². The molecule has 0 aliphatic carbocycles. The molecule has 0 saturated carbocycles. The standard InChI is InChI=1S/C21H32N4O.HI/c1-6-22-21(24-14-20-25-16(4)17(5)26-20)23-13-7-8-18-9-11-19(12-10-18)15(2)3;/h9-12,15H,6-8,13-14H2,1-5H3,(H2,22,23,24);1H. The van der Waals surface area contributed by atoms with Crippen LogP contribution in [0.4, 0.5) is 0 Å². The summed E-state index contributed by atoms with van der Waals surface area (Å²) in [5.74, 6) is 2.90. The first-order valence-electron chi connectivity index (χ1n) is 9.53. The molecule has 27 heavy (non-hydrogen) atoms. The van der Waals surface area contributed by atoms with Gasteiger partial charge in [-0.3, -0.25) is 0 Å². The summed E-state index contributed by atoms with van der Waals surface area (Å²) in [4.78, 5) is 8.92. The zero-order chi connectivity index (χ0) is 18.9. The predicted molar refractivity (Wildman–Crippen MR) is 123 cm³/mol. The van der Waals surface area contributed by atoms with Gasteiger partial charge in [0.1, 0.15) is 12.3 Å². The van der Waals surface area contributed by atoms with Crippen molar-refractivity contribution in [3.8, 4) is 0 Å². The molecule has 0 fully saturated rings. The average molecular weight is 484 g/mol. The van der Waals surface area contributed by atoms with E-state index in [0.717, 1.165) is 43.3 Å². The predicted octanol–water partition coefficient (Wildman–Crippen LogP) is 4.72. The van der Waals surface area contributed by atoms with Gasteiger partial charge in [-0.05, 0) is 50.7 Å². The third-order valence-corrected chi connectivity index (χ3v) is 4.37. The van der Waals surface area contributed by atoms with Crippen molar-refractivity contribution in [1.82, 2.24) is 15.6 Å². The largest absolute Gasteiger partial charge is 0.444 e. The van der Waals surface area contributed by atoms with Crippen molar-refractivity contribution in [2.24, 2.45) is 4.99 Å². The summed E-state index contributed by atoms with van der Waals surface area (Å²) in [6, 6.07) is 8.95. The molecule has 2 N–H and O–H groups in total. The van der Waals surface area contributed by atoms with Crippen LogP contribution in [0.15, 0.2) is 33.7 Å². The molecular weight excluding hydrogens is 451 g/mol. The molecule has 2 rings (SSSR count). The van der Waals surface area contributed by atoms with Crippen LogP contribution in [0, 0.1) is 13.8 Å². The second-order valence-corrected chi connectivity index (χ2v) is 6.87. The van der Waals surface area contributed by atoms with Crippen LogP contribution >= 0.6 is 24.0 Å². The van der Waals surface area contributed by atoms with Crippen molar-refractivity contribution >= 4 is 29.9 Å². The van der Waals surface area contributed by atoms with Crippen LogP contribution in [-0.2, 0) is 13.0 Å². The van der Waals surface area contributed by atoms with Crippen molar-refractivity contribution in [3.05, 3.63) is 52.7 Å². The van der Waals surface area contributed by atoms with Gasteiger partial charge in [-0.1, -0.05) is 38.1 Å². The van der Waals surface area contributed by atoms with Crippen LogP contribution in [0.2, 0.25) is 0 Å². The molecule has 0 aliphatic heterocycles. The maximum absolute atomic E-state index is 5.58. The molecule has 0 bridgehead atoms. The number of nitrogens with zero attached hydrogens (tertiary/aromatic N) is 2. The zero-order valence-electron chi connectivity index (χ0n) is 17.1. The third kappa shape index (κ3) is 7.91. The van der Waals surface area contributed by atoms with E-state index in [4.69, 9.17) is 4.42 Å². The Hall–Kier alpha value is -1.57. The van der Waals surface area contributed by atoms with E-state index >= 15 is 0 Å². The highest BCUT2D eigenvalue weighted by Gasteiger charge is 2.05. The van der Waals surface area contributed by atoms with Gasteiger partial charge in [0, 0.05) is 13.1 Å². The van der Waals surface area contributed by atoms with Crippen molar-refractivity contribution in [2.45, 2.75) is 59.9 Å². The van der Waals surface area contributed by atoms with Gasteiger partial charge in [0.25, 0.3) is 0 Å². The van der Waals surface area contributed by atoms with Crippen molar-refractivity contribution in [3.63, 3.8) is 0 Å². The second kappa shape index (κ2) is 12.0. The molecule has 5 nitrogen and oxygen atoms in total. The Kier molecular flexibility index (Phi) is 10.4. The molecule has 150 valence electrons. The lowest BCUT2D eigenvalue weighted by molar-refractivity contribution is 0.473. The minimum absolute atomic E-state index is 0. The fourth-order valence-electron chi connectivity index (χ4n) is 2.66. The first kappa shape index (κ1) is 23.5. The fourth-order valence-corrected chi connectivity index (χ4v) is 2.66. The molecule has 6 heteroatoms. The molecule has 1 aromatic heterocycles. The summed E-state index contributed by atoms with van der Waals surface area (Å²) >= 11 is 0. The second-order valence-electron chi connectivity index (χ2n) is 6.87. The summed E-state index contributed by atoms with van der Waals surface area (Å²) in [7, 11) is 0. The summed E-state index contributed by atoms with van der Waals surface area (Å²) < 4.78 is 5.58. The number of aliphatic imine (C=N–C) groups is 1. The smallest absolute Gasteiger partial charge is 0.216 e. The number of benzene rings is 1. The van der Waals surface area contributed by atoms with Crippen molar-refractivity contribution in [1.29, 1.82) is 0 Å². The van der Waals surface area contributed by atoms with Gasteiger partial charge < -0.3 is 15.1 Å². The Morgan fingerprint density at radius 2 is 1.85 bits per heavy atom. The SMILES string of the molecule is CCNC(=NCc1nc(C)c(C)o1)NCCCc1ccc(C(C)C)cc1.I. The highest BCUT2D eigenvalue weighted by atomic mass is 127. The van der Waals surface area contributed by atoms with E-state index in [1.807, 2.05) is 13.8 Å². The highest BCUT2D eigenvalue weighted by molar-refractivity contribution is 14.0. The molecule has 1 aromatic carbocycles. The first-order valence-corrected chi connectivity index (χ1v) is 9.53. The zero-order valence-corrected chi connectivity index (χ0v) is 19.5. The number of rotatable bonds is 8. The molecule has 0 unspecified atom stereocenters. The topological polar surface area (TPSA) is 62.5 Å². The Morgan fingerprint density at radius 1 is 1.15 bits per heavy atom. The lowest BCUT2D eigenvalue weighted by Crippen LogP contribution is -2.37. The molecule has 0 saturated heterocycles. The van der Waals surface area contributed by atoms with Crippen LogP contribution in [0.1, 0.15) is 61.6 Å². The van der Waals surface area contributed by atoms with E-state index in [2.05, 4.69) is 65.6 Å². The van der Waals surface area contributed by atoms with Gasteiger partial charge >= 0.3 is 0 Å². The summed E-state index contributed by atoms with van der Waals surface area (Å²) in [6.07, 6.45) is 2.12. The Balaban J connectivity index is 0.00000364. The number of hydrogen-bond donors (Lipinski definition) is 2. The molecule has 0 spiro atoms. The number of halogens is 1. The maximum Gasteiger partial charge on any atom is 0.216 e. The summed E-state index contributed by atoms with van der Waals surface area (Å²) in [6.45, 7) is 12.5. The van der Waals surface area contributed by atoms with Gasteiger partial charge in [0.15, 0.2) is 5.96 Å². The van der Waals surface area contributed by atoms with Gasteiger partial charge in [0.05, 0.1) is 5.69 Å². The van der Waals surface area contributed by atoms with E-state index in [9.17, 15) is 0 Å². The minimum Gasteiger partial charge on any atom is -0.444 e. The lowest BCUT2D eigenvalue weighted by Gasteiger charge is -2.11. The van der Waals surface area contributed by atoms with E-state index in [1.54, 1.807) is 0 Å². The molecule has 0 amide bonds. The molecule has 2 aromatic rings. The van der Waals surface area contributed by atoms with Crippen LogP contribution < -0.4 is 10.6 Å². The maximum atomic E-state index is 5.58. The molecule has 0 radical (unpaired) electrons. The monoisotopic (exact) mass is 484 g/mol. The van der Waals surface area contributed by atoms with Crippen molar-refractivity contribution < 1.29 is 4.42 Å². The number of hydrogen-bond acceptors (Lipinski definition) is 3. The molecule has 0 atom stereocenters. The normalized spacial score (nSPS) is 11.4. The van der Waals surface area contributed by atoms with E-state index in [-0.39, 0.29) is 24.0 Å². The Morgan fingerprint density at radius 3 is 2.41 bits per heavy atom. The van der Waals surface area contributed by atoms with E-state index in [1.165, 1.54) is 11.1 Å². The quantitative estimate of drug-likeness (QED) is 0.246. The fraction of sp³-hybridized carbons (Fsp3) is 0.524. The van der Waals surface area contributed by atoms with Crippen LogP contribution in [-0.4, -0.2) is 24.0 Å². The van der Waals surface area contributed by atoms with Crippen LogP contribution in [0.25, 0.3) is 0 Å². The van der Waals surface area contributed by atoms with Crippen molar-refractivity contribution in [2.75, 3.05) is 13.1 Å². The minimum atomic E-state index is 0. The van der Waals surface area contributed by atoms with E-state index in [0.29, 0.717) is 18.4 Å². The van der Waals surface area contributed by atoms with Gasteiger partial charge in [-0.15, -0.1) is 24.0 Å². The number of nitrogens with one attached hydrogen (secondary N) is 2.